The molecule has 2 amide bonds. The van der Waals surface area contributed by atoms with E-state index >= 15 is 0 Å². The van der Waals surface area contributed by atoms with E-state index in [9.17, 15) is 36.3 Å². The maximum Gasteiger partial charge on any atom is 0.435 e. The van der Waals surface area contributed by atoms with Crippen molar-refractivity contribution in [2.24, 2.45) is 5.73 Å². The van der Waals surface area contributed by atoms with Crippen LogP contribution in [0.1, 0.15) is 28.5 Å². The third-order valence-electron chi connectivity index (χ3n) is 6.26. The normalized spacial score (nSPS) is 11.5. The largest absolute Gasteiger partial charge is 0.435 e. The summed E-state index contributed by atoms with van der Waals surface area (Å²) in [6, 6.07) is 2.91. The van der Waals surface area contributed by atoms with Gasteiger partial charge in [0.25, 0.3) is 18.8 Å². The van der Waals surface area contributed by atoms with Crippen molar-refractivity contribution in [2.45, 2.75) is 32.5 Å². The quantitative estimate of drug-likeness (QED) is 0.0993. The van der Waals surface area contributed by atoms with E-state index in [1.807, 2.05) is 0 Å². The summed E-state index contributed by atoms with van der Waals surface area (Å²) in [6.07, 6.45) is -3.04. The molecule has 0 fully saturated rings. The van der Waals surface area contributed by atoms with Gasteiger partial charge in [0, 0.05) is 42.8 Å². The Morgan fingerprint density at radius 1 is 1.16 bits per heavy atom. The first-order valence-corrected chi connectivity index (χ1v) is 13.0. The Morgan fingerprint density at radius 3 is 2.57 bits per heavy atom. The van der Waals surface area contributed by atoms with Gasteiger partial charge in [0.2, 0.25) is 5.91 Å². The topological polar surface area (TPSA) is 171 Å². The van der Waals surface area contributed by atoms with E-state index in [1.54, 1.807) is 6.92 Å². The summed E-state index contributed by atoms with van der Waals surface area (Å²) in [5, 5.41) is 11.4. The molecule has 0 aliphatic heterocycles. The highest BCUT2D eigenvalue weighted by Crippen LogP contribution is 2.38. The SMILES string of the molecule is CCc1c(C(=O)NCCNC(=O)CN)ccc(Nc2nccn3c(-c4cn(CC(F)F)nc4C(F)(F)F)cnc23)c1OC=O. The summed E-state index contributed by atoms with van der Waals surface area (Å²) in [6.45, 7) is 0.898. The lowest BCUT2D eigenvalue weighted by molar-refractivity contribution is -0.141. The molecule has 0 radical (unpaired) electrons. The number of nitrogens with two attached hydrogens (primary N) is 1. The molecule has 13 nitrogen and oxygen atoms in total. The number of benzene rings is 1. The number of nitrogens with one attached hydrogen (secondary N) is 3. The summed E-state index contributed by atoms with van der Waals surface area (Å²) >= 11 is 0. The second-order valence-electron chi connectivity index (χ2n) is 9.09. The van der Waals surface area contributed by atoms with Gasteiger partial charge in [-0.2, -0.15) is 18.3 Å². The van der Waals surface area contributed by atoms with Crippen LogP contribution < -0.4 is 26.4 Å². The van der Waals surface area contributed by atoms with Crippen molar-refractivity contribution in [3.8, 4) is 17.0 Å². The number of hydrogen-bond acceptors (Lipinski definition) is 9. The summed E-state index contributed by atoms with van der Waals surface area (Å²) in [5.41, 5.74) is 4.08. The van der Waals surface area contributed by atoms with E-state index in [0.717, 1.165) is 12.4 Å². The maximum atomic E-state index is 13.8. The molecule has 234 valence electrons. The molecular weight excluding hydrogens is 597 g/mol. The van der Waals surface area contributed by atoms with Crippen LogP contribution in [0.5, 0.6) is 5.75 Å². The van der Waals surface area contributed by atoms with Crippen molar-refractivity contribution in [3.63, 3.8) is 0 Å². The second-order valence-corrected chi connectivity index (χ2v) is 9.09. The van der Waals surface area contributed by atoms with Crippen LogP contribution in [0.25, 0.3) is 16.9 Å². The Hall–Kier alpha value is -5.13. The minimum Gasteiger partial charge on any atom is -0.426 e. The molecule has 4 rings (SSSR count). The van der Waals surface area contributed by atoms with Crippen LogP contribution in [-0.2, 0) is 28.7 Å². The first-order chi connectivity index (χ1) is 21.0. The number of carbonyl (C=O) groups excluding carboxylic acids is 3. The fourth-order valence-electron chi connectivity index (χ4n) is 4.41. The number of anilines is 2. The third-order valence-corrected chi connectivity index (χ3v) is 6.26. The average Bonchev–Trinajstić information content (AvgIpc) is 3.60. The predicted octanol–water partition coefficient (Wildman–Crippen LogP) is 2.52. The molecule has 0 saturated carbocycles. The van der Waals surface area contributed by atoms with Gasteiger partial charge in [-0.25, -0.2) is 18.7 Å². The molecule has 0 aliphatic carbocycles. The molecule has 3 aromatic heterocycles. The Labute approximate surface area is 245 Å². The van der Waals surface area contributed by atoms with Gasteiger partial charge < -0.3 is 26.4 Å². The third kappa shape index (κ3) is 6.91. The number of imidazole rings is 1. The summed E-state index contributed by atoms with van der Waals surface area (Å²) in [4.78, 5) is 44.0. The molecule has 18 heteroatoms. The van der Waals surface area contributed by atoms with Crippen molar-refractivity contribution >= 4 is 35.4 Å². The van der Waals surface area contributed by atoms with Gasteiger partial charge >= 0.3 is 6.18 Å². The molecule has 44 heavy (non-hydrogen) atoms. The molecule has 1 aromatic carbocycles. The number of halogens is 5. The van der Waals surface area contributed by atoms with Crippen LogP contribution >= 0.6 is 0 Å². The molecule has 5 N–H and O–H groups in total. The van der Waals surface area contributed by atoms with Crippen molar-refractivity contribution in [2.75, 3.05) is 25.0 Å². The van der Waals surface area contributed by atoms with Crippen molar-refractivity contribution < 1.29 is 41.1 Å². The van der Waals surface area contributed by atoms with Gasteiger partial charge in [0.05, 0.1) is 29.7 Å². The number of ether oxygens (including phenoxy) is 1. The fourth-order valence-corrected chi connectivity index (χ4v) is 4.41. The predicted molar refractivity (Wildman–Crippen MR) is 145 cm³/mol. The van der Waals surface area contributed by atoms with Crippen molar-refractivity contribution in [1.29, 1.82) is 0 Å². The van der Waals surface area contributed by atoms with E-state index < -0.39 is 36.3 Å². The Balaban J connectivity index is 1.68. The van der Waals surface area contributed by atoms with Crippen LogP contribution in [0.3, 0.4) is 0 Å². The minimum atomic E-state index is -4.94. The van der Waals surface area contributed by atoms with E-state index in [-0.39, 0.29) is 72.6 Å². The number of carbonyl (C=O) groups is 3. The molecular formula is C26H26F5N9O4. The van der Waals surface area contributed by atoms with Crippen LogP contribution in [0.15, 0.2) is 36.9 Å². The number of aromatic nitrogens is 5. The standard InChI is InChI=1S/C26H26F5N9O4/c1-2-14-15(25(43)35-6-5-33-20(42)9-32)3-4-17(21(14)44-13-41)37-23-24-36-10-18(40(24)8-7-34-23)16-11-39(12-19(27)28)38-22(16)26(29,30)31/h3-4,7-8,10-11,13,19H,2,5-6,9,12,32H2,1H3,(H,33,42)(H,34,37)(H,35,43). The number of amides is 2. The lowest BCUT2D eigenvalue weighted by Crippen LogP contribution is -2.37. The highest BCUT2D eigenvalue weighted by molar-refractivity contribution is 5.98. The highest BCUT2D eigenvalue weighted by Gasteiger charge is 2.38. The zero-order valence-corrected chi connectivity index (χ0v) is 23.0. The maximum absolute atomic E-state index is 13.8. The Kier molecular flexibility index (Phi) is 9.72. The lowest BCUT2D eigenvalue weighted by Gasteiger charge is -2.17. The van der Waals surface area contributed by atoms with Crippen LogP contribution in [-0.4, -0.2) is 68.5 Å². The Bertz CT molecular complexity index is 1670. The van der Waals surface area contributed by atoms with Crippen molar-refractivity contribution in [1.82, 2.24) is 34.8 Å². The fraction of sp³-hybridized carbons (Fsp3) is 0.308. The van der Waals surface area contributed by atoms with Crippen LogP contribution in [0.2, 0.25) is 0 Å². The summed E-state index contributed by atoms with van der Waals surface area (Å²) in [5.74, 6) is -0.855. The highest BCUT2D eigenvalue weighted by atomic mass is 19.4. The van der Waals surface area contributed by atoms with E-state index in [0.29, 0.717) is 10.2 Å². The smallest absolute Gasteiger partial charge is 0.426 e. The van der Waals surface area contributed by atoms with Gasteiger partial charge in [0.1, 0.15) is 6.54 Å². The molecule has 0 saturated heterocycles. The van der Waals surface area contributed by atoms with Gasteiger partial charge in [-0.05, 0) is 18.6 Å². The Morgan fingerprint density at radius 2 is 1.91 bits per heavy atom. The number of hydrogen-bond donors (Lipinski definition) is 4. The van der Waals surface area contributed by atoms with Crippen molar-refractivity contribution in [3.05, 3.63) is 53.7 Å². The monoisotopic (exact) mass is 623 g/mol. The van der Waals surface area contributed by atoms with Gasteiger partial charge in [0.15, 0.2) is 22.9 Å². The van der Waals surface area contributed by atoms with Gasteiger partial charge in [-0.1, -0.05) is 6.92 Å². The lowest BCUT2D eigenvalue weighted by atomic mass is 10.0. The average molecular weight is 624 g/mol. The minimum absolute atomic E-state index is 0.00481. The first kappa shape index (κ1) is 31.8. The van der Waals surface area contributed by atoms with Gasteiger partial charge in [-0.3, -0.25) is 23.5 Å². The molecule has 0 bridgehead atoms. The molecule has 4 aromatic rings. The molecule has 0 unspecified atom stereocenters. The van der Waals surface area contributed by atoms with Crippen LogP contribution in [0, 0.1) is 0 Å². The zero-order valence-electron chi connectivity index (χ0n) is 23.0. The first-order valence-electron chi connectivity index (χ1n) is 13.0. The van der Waals surface area contributed by atoms with E-state index in [2.05, 4.69) is 31.0 Å². The molecule has 0 spiro atoms. The summed E-state index contributed by atoms with van der Waals surface area (Å²) < 4.78 is 74.1. The van der Waals surface area contributed by atoms with Gasteiger partial charge in [-0.15, -0.1) is 0 Å². The van der Waals surface area contributed by atoms with E-state index in [4.69, 9.17) is 10.5 Å². The summed E-state index contributed by atoms with van der Waals surface area (Å²) in [7, 11) is 0. The molecule has 0 atom stereocenters. The number of alkyl halides is 5. The number of nitrogens with zero attached hydrogens (tertiary/aromatic N) is 5. The molecule has 3 heterocycles. The number of fused-ring (bicyclic) bond motifs is 1. The zero-order chi connectivity index (χ0) is 32.0. The van der Waals surface area contributed by atoms with Crippen LogP contribution in [0.4, 0.5) is 33.5 Å². The van der Waals surface area contributed by atoms with E-state index in [1.165, 1.54) is 28.9 Å². The second kappa shape index (κ2) is 13.4. The number of rotatable bonds is 13. The molecule has 0 aliphatic rings.